The first-order valence-electron chi connectivity index (χ1n) is 6.18. The Morgan fingerprint density at radius 2 is 1.85 bits per heavy atom. The number of amides is 1. The second-order valence-corrected chi connectivity index (χ2v) is 4.48. The average molecular weight is 279 g/mol. The number of phenols is 1. The fourth-order valence-electron chi connectivity index (χ4n) is 1.86. The van der Waals surface area contributed by atoms with Crippen molar-refractivity contribution in [1.82, 2.24) is 0 Å². The molecule has 0 atom stereocenters. The quantitative estimate of drug-likeness (QED) is 0.545. The number of aryl methyl sites for hydroxylation is 1. The zero-order valence-corrected chi connectivity index (χ0v) is 11.4. The Hall–Kier alpha value is -2.37. The fourth-order valence-corrected chi connectivity index (χ4v) is 1.86. The molecule has 0 fully saturated rings. The summed E-state index contributed by atoms with van der Waals surface area (Å²) in [5.74, 6) is -1.77. The van der Waals surface area contributed by atoms with E-state index in [0.717, 1.165) is 0 Å². The van der Waals surface area contributed by atoms with E-state index in [0.29, 0.717) is 18.4 Å². The number of aromatic hydroxyl groups is 1. The van der Waals surface area contributed by atoms with Crippen molar-refractivity contribution in [1.29, 1.82) is 0 Å². The average Bonchev–Trinajstić information content (AvgIpc) is 2.32. The fraction of sp³-hybridized carbons (Fsp3) is 0.357. The normalized spacial score (nSPS) is 10.1. The van der Waals surface area contributed by atoms with E-state index in [9.17, 15) is 19.5 Å². The number of carbonyl (C=O) groups is 3. The molecule has 3 N–H and O–H groups in total. The topological polar surface area (TPSA) is 104 Å². The van der Waals surface area contributed by atoms with Crippen LogP contribution in [0.1, 0.15) is 42.6 Å². The molecule has 0 radical (unpaired) electrons. The van der Waals surface area contributed by atoms with Gasteiger partial charge in [0.05, 0.1) is 5.69 Å². The van der Waals surface area contributed by atoms with Crippen LogP contribution in [0.3, 0.4) is 0 Å². The molecule has 0 bridgehead atoms. The third kappa shape index (κ3) is 4.08. The first-order valence-corrected chi connectivity index (χ1v) is 6.18. The number of anilines is 1. The van der Waals surface area contributed by atoms with E-state index >= 15 is 0 Å². The van der Waals surface area contributed by atoms with Crippen molar-refractivity contribution in [3.8, 4) is 5.75 Å². The predicted octanol–water partition coefficient (Wildman–Crippen LogP) is 1.96. The summed E-state index contributed by atoms with van der Waals surface area (Å²) >= 11 is 0. The second kappa shape index (κ2) is 6.70. The second-order valence-electron chi connectivity index (χ2n) is 4.48. The standard InChI is InChI=1S/C14H17NO5/c1-8(16)11-7-6-10(4-3-5-12(18)19)14(20)13(11)15-9(2)17/h6-7,20H,3-5H2,1-2H3,(H,15,17)(H,18,19). The molecule has 0 aliphatic heterocycles. The summed E-state index contributed by atoms with van der Waals surface area (Å²) in [6.07, 6.45) is 0.702. The Balaban J connectivity index is 3.07. The monoisotopic (exact) mass is 279 g/mol. The van der Waals surface area contributed by atoms with Crippen molar-refractivity contribution in [2.24, 2.45) is 0 Å². The minimum absolute atomic E-state index is 0.0105. The van der Waals surface area contributed by atoms with Gasteiger partial charge in [-0.25, -0.2) is 0 Å². The van der Waals surface area contributed by atoms with Gasteiger partial charge in [-0.1, -0.05) is 6.07 Å². The van der Waals surface area contributed by atoms with Crippen LogP contribution in [0.5, 0.6) is 5.75 Å². The van der Waals surface area contributed by atoms with Crippen molar-refractivity contribution in [3.05, 3.63) is 23.3 Å². The number of Topliss-reactive ketones (excluding diaryl/α,β-unsaturated/α-hetero) is 1. The van der Waals surface area contributed by atoms with E-state index in [1.165, 1.54) is 19.9 Å². The van der Waals surface area contributed by atoms with Crippen LogP contribution in [0.25, 0.3) is 0 Å². The lowest BCUT2D eigenvalue weighted by Gasteiger charge is -2.13. The van der Waals surface area contributed by atoms with Gasteiger partial charge in [0.2, 0.25) is 5.91 Å². The van der Waals surface area contributed by atoms with Crippen LogP contribution in [-0.2, 0) is 16.0 Å². The number of phenolic OH excluding ortho intramolecular Hbond substituents is 1. The molecule has 1 aromatic rings. The maximum Gasteiger partial charge on any atom is 0.303 e. The highest BCUT2D eigenvalue weighted by molar-refractivity contribution is 6.05. The van der Waals surface area contributed by atoms with E-state index in [1.54, 1.807) is 6.07 Å². The largest absolute Gasteiger partial charge is 0.505 e. The minimum atomic E-state index is -0.910. The Morgan fingerprint density at radius 3 is 2.35 bits per heavy atom. The molecule has 0 aromatic heterocycles. The minimum Gasteiger partial charge on any atom is -0.505 e. The van der Waals surface area contributed by atoms with Crippen molar-refractivity contribution >= 4 is 23.3 Å². The molecule has 1 aromatic carbocycles. The van der Waals surface area contributed by atoms with Gasteiger partial charge in [-0.05, 0) is 31.4 Å². The van der Waals surface area contributed by atoms with Crippen molar-refractivity contribution in [2.45, 2.75) is 33.1 Å². The van der Waals surface area contributed by atoms with Crippen LogP contribution >= 0.6 is 0 Å². The number of benzene rings is 1. The number of carboxylic acids is 1. The van der Waals surface area contributed by atoms with Gasteiger partial charge in [0.25, 0.3) is 0 Å². The van der Waals surface area contributed by atoms with Gasteiger partial charge in [0.15, 0.2) is 5.78 Å². The lowest BCUT2D eigenvalue weighted by Crippen LogP contribution is -2.11. The molecule has 0 unspecified atom stereocenters. The Morgan fingerprint density at radius 1 is 1.20 bits per heavy atom. The van der Waals surface area contributed by atoms with Gasteiger partial charge >= 0.3 is 5.97 Å². The smallest absolute Gasteiger partial charge is 0.303 e. The van der Waals surface area contributed by atoms with Crippen LogP contribution in [0, 0.1) is 0 Å². The lowest BCUT2D eigenvalue weighted by atomic mass is 10.0. The molecule has 0 aliphatic rings. The van der Waals surface area contributed by atoms with E-state index in [2.05, 4.69) is 5.32 Å². The van der Waals surface area contributed by atoms with E-state index in [1.807, 2.05) is 0 Å². The Labute approximate surface area is 116 Å². The molecule has 0 saturated carbocycles. The van der Waals surface area contributed by atoms with Crippen LogP contribution in [-0.4, -0.2) is 27.9 Å². The van der Waals surface area contributed by atoms with Crippen molar-refractivity contribution < 1.29 is 24.6 Å². The zero-order chi connectivity index (χ0) is 15.3. The van der Waals surface area contributed by atoms with Crippen LogP contribution in [0.2, 0.25) is 0 Å². The molecular weight excluding hydrogens is 262 g/mol. The third-order valence-electron chi connectivity index (χ3n) is 2.78. The number of ketones is 1. The Kier molecular flexibility index (Phi) is 5.25. The predicted molar refractivity (Wildman–Crippen MR) is 73.0 cm³/mol. The zero-order valence-electron chi connectivity index (χ0n) is 11.4. The van der Waals surface area contributed by atoms with Gasteiger partial charge in [-0.3, -0.25) is 14.4 Å². The number of carboxylic acid groups (broad SMARTS) is 1. The summed E-state index contributed by atoms with van der Waals surface area (Å²) < 4.78 is 0. The van der Waals surface area contributed by atoms with Crippen molar-refractivity contribution in [3.63, 3.8) is 0 Å². The molecule has 1 amide bonds. The number of nitrogens with one attached hydrogen (secondary N) is 1. The summed E-state index contributed by atoms with van der Waals surface area (Å²) in [5, 5.41) is 21.1. The number of hydrogen-bond acceptors (Lipinski definition) is 4. The van der Waals surface area contributed by atoms with Gasteiger partial charge < -0.3 is 15.5 Å². The SMILES string of the molecule is CC(=O)Nc1c(C(C)=O)ccc(CCCC(=O)O)c1O. The lowest BCUT2D eigenvalue weighted by molar-refractivity contribution is -0.137. The molecule has 0 spiro atoms. The molecule has 108 valence electrons. The van der Waals surface area contributed by atoms with Gasteiger partial charge in [-0.15, -0.1) is 0 Å². The van der Waals surface area contributed by atoms with Crippen LogP contribution in [0.15, 0.2) is 12.1 Å². The molecule has 0 heterocycles. The first-order chi connectivity index (χ1) is 9.32. The van der Waals surface area contributed by atoms with Crippen molar-refractivity contribution in [2.75, 3.05) is 5.32 Å². The molecule has 1 rings (SSSR count). The number of aliphatic carboxylic acids is 1. The van der Waals surface area contributed by atoms with Gasteiger partial charge in [0, 0.05) is 18.9 Å². The molecule has 6 nitrogen and oxygen atoms in total. The highest BCUT2D eigenvalue weighted by Crippen LogP contribution is 2.32. The highest BCUT2D eigenvalue weighted by atomic mass is 16.4. The highest BCUT2D eigenvalue weighted by Gasteiger charge is 2.16. The van der Waals surface area contributed by atoms with E-state index in [-0.39, 0.29) is 29.2 Å². The number of rotatable bonds is 6. The summed E-state index contributed by atoms with van der Waals surface area (Å²) in [4.78, 5) is 33.1. The summed E-state index contributed by atoms with van der Waals surface area (Å²) in [6.45, 7) is 2.62. The summed E-state index contributed by atoms with van der Waals surface area (Å²) in [5.41, 5.74) is 0.803. The molecule has 6 heteroatoms. The van der Waals surface area contributed by atoms with Gasteiger partial charge in [0.1, 0.15) is 5.75 Å². The first kappa shape index (κ1) is 15.7. The van der Waals surface area contributed by atoms with E-state index < -0.39 is 11.9 Å². The van der Waals surface area contributed by atoms with Crippen LogP contribution < -0.4 is 5.32 Å². The number of hydrogen-bond donors (Lipinski definition) is 3. The van der Waals surface area contributed by atoms with Crippen LogP contribution in [0.4, 0.5) is 5.69 Å². The molecule has 0 saturated heterocycles. The summed E-state index contributed by atoms with van der Waals surface area (Å²) in [7, 11) is 0. The third-order valence-corrected chi connectivity index (χ3v) is 2.78. The van der Waals surface area contributed by atoms with E-state index in [4.69, 9.17) is 5.11 Å². The summed E-state index contributed by atoms with van der Waals surface area (Å²) in [6, 6.07) is 3.09. The Bertz CT molecular complexity index is 551. The van der Waals surface area contributed by atoms with Gasteiger partial charge in [-0.2, -0.15) is 0 Å². The molecule has 20 heavy (non-hydrogen) atoms. The maximum absolute atomic E-state index is 11.5. The number of carbonyl (C=O) groups excluding carboxylic acids is 2. The maximum atomic E-state index is 11.5. The molecule has 0 aliphatic carbocycles. The molecular formula is C14H17NO5.